The van der Waals surface area contributed by atoms with Crippen LogP contribution in [-0.4, -0.2) is 23.8 Å². The molecule has 4 rings (SSSR count). The van der Waals surface area contributed by atoms with Gasteiger partial charge in [-0.25, -0.2) is 0 Å². The smallest absolute Gasteiger partial charge is 0.0756 e. The van der Waals surface area contributed by atoms with Crippen molar-refractivity contribution in [3.8, 4) is 0 Å². The number of rotatable bonds is 2. The summed E-state index contributed by atoms with van der Waals surface area (Å²) < 4.78 is 0. The minimum atomic E-state index is 0.196. The van der Waals surface area contributed by atoms with Gasteiger partial charge < -0.3 is 4.90 Å². The Labute approximate surface area is 142 Å². The van der Waals surface area contributed by atoms with Gasteiger partial charge in [-0.05, 0) is 37.6 Å². The van der Waals surface area contributed by atoms with Crippen LogP contribution in [0.25, 0.3) is 10.9 Å². The summed E-state index contributed by atoms with van der Waals surface area (Å²) in [7, 11) is 0. The van der Waals surface area contributed by atoms with E-state index in [0.29, 0.717) is 6.04 Å². The van der Waals surface area contributed by atoms with E-state index < -0.39 is 0 Å². The maximum atomic E-state index is 4.69. The highest BCUT2D eigenvalue weighted by Gasteiger charge is 2.26. The summed E-state index contributed by atoms with van der Waals surface area (Å²) in [6, 6.07) is 19.6. The minimum Gasteiger partial charge on any atom is -0.360 e. The fraction of sp³-hybridized carbons (Fsp3) is 0.238. The van der Waals surface area contributed by atoms with Gasteiger partial charge in [0.2, 0.25) is 0 Å². The summed E-state index contributed by atoms with van der Waals surface area (Å²) >= 11 is 0. The summed E-state index contributed by atoms with van der Waals surface area (Å²) in [6.45, 7) is 5.22. The van der Waals surface area contributed by atoms with Crippen molar-refractivity contribution in [3.05, 3.63) is 71.9 Å². The second-order valence-electron chi connectivity index (χ2n) is 6.53. The first-order chi connectivity index (χ1) is 11.7. The topological polar surface area (TPSA) is 28.5 Å². The van der Waals surface area contributed by atoms with Crippen LogP contribution in [0.4, 0.5) is 5.69 Å². The Balaban J connectivity index is 1.84. The highest BCUT2D eigenvalue weighted by atomic mass is 15.2. The normalized spacial score (nSPS) is 17.1. The SMILES string of the molecule is CC(C)N1c2ccccc2C=NC[C@@H]1c1cnc2ccccc2c1. The van der Waals surface area contributed by atoms with Crippen molar-refractivity contribution in [2.75, 3.05) is 11.4 Å². The van der Waals surface area contributed by atoms with E-state index in [-0.39, 0.29) is 6.04 Å². The Hall–Kier alpha value is -2.68. The first-order valence-corrected chi connectivity index (χ1v) is 8.46. The third-order valence-corrected chi connectivity index (χ3v) is 4.61. The molecule has 1 aliphatic heterocycles. The lowest BCUT2D eigenvalue weighted by molar-refractivity contribution is 0.573. The Bertz CT molecular complexity index is 898. The van der Waals surface area contributed by atoms with E-state index in [1.807, 2.05) is 18.5 Å². The highest BCUT2D eigenvalue weighted by Crippen LogP contribution is 2.34. The molecule has 0 amide bonds. The van der Waals surface area contributed by atoms with Crippen LogP contribution in [0.3, 0.4) is 0 Å². The van der Waals surface area contributed by atoms with E-state index in [4.69, 9.17) is 0 Å². The second kappa shape index (κ2) is 6.08. The number of fused-ring (bicyclic) bond motifs is 2. The predicted molar refractivity (Wildman–Crippen MR) is 101 cm³/mol. The molecule has 3 nitrogen and oxygen atoms in total. The standard InChI is InChI=1S/C21H21N3/c1-15(2)24-20-10-6-4-8-17(20)12-22-14-21(24)18-11-16-7-3-5-9-19(16)23-13-18/h3-13,15,21H,14H2,1-2H3/t21-/m1/s1. The van der Waals surface area contributed by atoms with Crippen LogP contribution < -0.4 is 4.90 Å². The van der Waals surface area contributed by atoms with Gasteiger partial charge in [-0.1, -0.05) is 36.4 Å². The third-order valence-electron chi connectivity index (χ3n) is 4.61. The average Bonchev–Trinajstić information content (AvgIpc) is 2.81. The summed E-state index contributed by atoms with van der Waals surface area (Å²) in [4.78, 5) is 11.8. The highest BCUT2D eigenvalue weighted by molar-refractivity contribution is 5.89. The second-order valence-corrected chi connectivity index (χ2v) is 6.53. The predicted octanol–water partition coefficient (Wildman–Crippen LogP) is 4.62. The first kappa shape index (κ1) is 14.9. The summed E-state index contributed by atoms with van der Waals surface area (Å²) in [5, 5.41) is 1.18. The van der Waals surface area contributed by atoms with Gasteiger partial charge in [0, 0.05) is 35.1 Å². The number of hydrogen-bond acceptors (Lipinski definition) is 3. The number of anilines is 1. The largest absolute Gasteiger partial charge is 0.360 e. The fourth-order valence-electron chi connectivity index (χ4n) is 3.51. The molecule has 1 atom stereocenters. The molecule has 1 aliphatic rings. The lowest BCUT2D eigenvalue weighted by Crippen LogP contribution is -2.36. The Morgan fingerprint density at radius 3 is 2.71 bits per heavy atom. The van der Waals surface area contributed by atoms with Crippen LogP contribution in [0.1, 0.15) is 31.0 Å². The molecular formula is C21H21N3. The van der Waals surface area contributed by atoms with Gasteiger partial charge in [0.05, 0.1) is 18.1 Å². The van der Waals surface area contributed by atoms with Crippen LogP contribution in [0.5, 0.6) is 0 Å². The Morgan fingerprint density at radius 2 is 1.83 bits per heavy atom. The maximum Gasteiger partial charge on any atom is 0.0756 e. The zero-order valence-corrected chi connectivity index (χ0v) is 14.1. The van der Waals surface area contributed by atoms with Gasteiger partial charge in [-0.15, -0.1) is 0 Å². The molecule has 120 valence electrons. The summed E-state index contributed by atoms with van der Waals surface area (Å²) in [5.74, 6) is 0. The molecule has 1 aromatic heterocycles. The number of benzene rings is 2. The van der Waals surface area contributed by atoms with E-state index in [1.165, 1.54) is 22.2 Å². The van der Waals surface area contributed by atoms with Gasteiger partial charge in [-0.2, -0.15) is 0 Å². The van der Waals surface area contributed by atoms with E-state index >= 15 is 0 Å². The minimum absolute atomic E-state index is 0.196. The third kappa shape index (κ3) is 2.56. The molecule has 0 aliphatic carbocycles. The lowest BCUT2D eigenvalue weighted by Gasteiger charge is -2.36. The average molecular weight is 315 g/mol. The van der Waals surface area contributed by atoms with Crippen molar-refractivity contribution in [1.29, 1.82) is 0 Å². The van der Waals surface area contributed by atoms with E-state index in [1.54, 1.807) is 0 Å². The molecule has 0 N–H and O–H groups in total. The molecule has 2 heterocycles. The van der Waals surface area contributed by atoms with E-state index in [0.717, 1.165) is 12.1 Å². The molecule has 24 heavy (non-hydrogen) atoms. The number of aliphatic imine (C=N–C) groups is 1. The Kier molecular flexibility index (Phi) is 3.77. The van der Waals surface area contributed by atoms with Crippen LogP contribution in [0.15, 0.2) is 65.8 Å². The number of benzodiazepines with no additional fused rings is 1. The number of aromatic nitrogens is 1. The molecule has 0 bridgehead atoms. The quantitative estimate of drug-likeness (QED) is 0.690. The van der Waals surface area contributed by atoms with Crippen molar-refractivity contribution in [3.63, 3.8) is 0 Å². The molecule has 0 fully saturated rings. The van der Waals surface area contributed by atoms with Gasteiger partial charge in [0.25, 0.3) is 0 Å². The Morgan fingerprint density at radius 1 is 1.04 bits per heavy atom. The fourth-order valence-corrected chi connectivity index (χ4v) is 3.51. The van der Waals surface area contributed by atoms with Gasteiger partial charge in [-0.3, -0.25) is 9.98 Å². The zero-order chi connectivity index (χ0) is 16.5. The van der Waals surface area contributed by atoms with Crippen LogP contribution in [0.2, 0.25) is 0 Å². The number of pyridine rings is 1. The van der Waals surface area contributed by atoms with Crippen molar-refractivity contribution in [2.45, 2.75) is 25.9 Å². The van der Waals surface area contributed by atoms with Crippen LogP contribution in [0, 0.1) is 0 Å². The van der Waals surface area contributed by atoms with Gasteiger partial charge in [0.15, 0.2) is 0 Å². The molecule has 3 aromatic rings. The van der Waals surface area contributed by atoms with Crippen molar-refractivity contribution in [1.82, 2.24) is 4.98 Å². The summed E-state index contributed by atoms with van der Waals surface area (Å²) in [5.41, 5.74) is 4.68. The van der Waals surface area contributed by atoms with Crippen molar-refractivity contribution >= 4 is 22.8 Å². The monoisotopic (exact) mass is 315 g/mol. The van der Waals surface area contributed by atoms with Crippen LogP contribution in [-0.2, 0) is 0 Å². The molecule has 0 unspecified atom stereocenters. The molecule has 0 saturated carbocycles. The van der Waals surface area contributed by atoms with Gasteiger partial charge in [0.1, 0.15) is 0 Å². The lowest BCUT2D eigenvalue weighted by atomic mass is 10.0. The molecule has 2 aromatic carbocycles. The molecule has 0 radical (unpaired) electrons. The maximum absolute atomic E-state index is 4.69. The number of hydrogen-bond donors (Lipinski definition) is 0. The molecule has 3 heteroatoms. The van der Waals surface area contributed by atoms with Crippen molar-refractivity contribution in [2.24, 2.45) is 4.99 Å². The molecular weight excluding hydrogens is 294 g/mol. The molecule has 0 saturated heterocycles. The number of nitrogens with zero attached hydrogens (tertiary/aromatic N) is 3. The van der Waals surface area contributed by atoms with Crippen LogP contribution >= 0.6 is 0 Å². The zero-order valence-electron chi connectivity index (χ0n) is 14.1. The summed E-state index contributed by atoms with van der Waals surface area (Å²) in [6.07, 6.45) is 4.00. The van der Waals surface area contributed by atoms with E-state index in [9.17, 15) is 0 Å². The number of para-hydroxylation sites is 2. The van der Waals surface area contributed by atoms with E-state index in [2.05, 4.69) is 77.3 Å². The molecule has 0 spiro atoms. The van der Waals surface area contributed by atoms with Crippen molar-refractivity contribution < 1.29 is 0 Å². The first-order valence-electron chi connectivity index (χ1n) is 8.46. The van der Waals surface area contributed by atoms with Gasteiger partial charge >= 0.3 is 0 Å².